The first-order chi connectivity index (χ1) is 15.3. The SMILES string of the molecule is CC(C)C(NC(=O)OCc1ccccc1)C(=O)NC1Cc2ncoc2CCNC(=O)C1=O. The summed E-state index contributed by atoms with van der Waals surface area (Å²) >= 11 is 0. The fourth-order valence-corrected chi connectivity index (χ4v) is 3.29. The molecule has 2 aromatic rings. The van der Waals surface area contributed by atoms with Gasteiger partial charge in [0.25, 0.3) is 5.91 Å². The van der Waals surface area contributed by atoms with Gasteiger partial charge in [0, 0.05) is 19.4 Å². The molecule has 1 aliphatic heterocycles. The number of carbonyl (C=O) groups is 4. The van der Waals surface area contributed by atoms with E-state index in [4.69, 9.17) is 9.15 Å². The Hall–Kier alpha value is -3.69. The van der Waals surface area contributed by atoms with Crippen molar-refractivity contribution in [3.05, 3.63) is 53.7 Å². The molecule has 0 radical (unpaired) electrons. The molecule has 1 aliphatic rings. The summed E-state index contributed by atoms with van der Waals surface area (Å²) in [6, 6.07) is 7.00. The molecule has 3 rings (SSSR count). The van der Waals surface area contributed by atoms with E-state index in [9.17, 15) is 19.2 Å². The maximum absolute atomic E-state index is 12.9. The van der Waals surface area contributed by atoms with Gasteiger partial charge < -0.3 is 25.1 Å². The van der Waals surface area contributed by atoms with Crippen LogP contribution in [0.25, 0.3) is 0 Å². The molecule has 2 heterocycles. The normalized spacial score (nSPS) is 17.3. The first-order valence-corrected chi connectivity index (χ1v) is 10.4. The quantitative estimate of drug-likeness (QED) is 0.565. The molecule has 2 unspecified atom stereocenters. The molecule has 0 saturated heterocycles. The minimum absolute atomic E-state index is 0.00704. The molecular formula is C22H26N4O6. The number of fused-ring (bicyclic) bond motifs is 1. The molecule has 1 aromatic heterocycles. The van der Waals surface area contributed by atoms with Crippen molar-refractivity contribution in [1.82, 2.24) is 20.9 Å². The fraction of sp³-hybridized carbons (Fsp3) is 0.409. The van der Waals surface area contributed by atoms with Crippen molar-refractivity contribution in [2.24, 2.45) is 5.92 Å². The predicted molar refractivity (Wildman–Crippen MR) is 112 cm³/mol. The van der Waals surface area contributed by atoms with E-state index in [0.717, 1.165) is 5.56 Å². The molecule has 10 nitrogen and oxygen atoms in total. The smallest absolute Gasteiger partial charge is 0.408 e. The van der Waals surface area contributed by atoms with Crippen molar-refractivity contribution in [3.8, 4) is 0 Å². The molecule has 2 atom stereocenters. The molecule has 0 saturated carbocycles. The molecule has 32 heavy (non-hydrogen) atoms. The number of ether oxygens (including phenoxy) is 1. The molecule has 170 valence electrons. The van der Waals surface area contributed by atoms with Gasteiger partial charge in [0.1, 0.15) is 24.5 Å². The predicted octanol–water partition coefficient (Wildman–Crippen LogP) is 0.894. The average Bonchev–Trinajstić information content (AvgIpc) is 3.22. The zero-order valence-electron chi connectivity index (χ0n) is 17.9. The number of Topliss-reactive ketones (excluding diaryl/α,β-unsaturated/α-hetero) is 1. The van der Waals surface area contributed by atoms with Gasteiger partial charge in [0.05, 0.1) is 5.69 Å². The summed E-state index contributed by atoms with van der Waals surface area (Å²) in [6.07, 6.45) is 0.893. The Morgan fingerprint density at radius 1 is 1.25 bits per heavy atom. The van der Waals surface area contributed by atoms with E-state index in [1.807, 2.05) is 30.3 Å². The number of aromatic nitrogens is 1. The molecule has 10 heteroatoms. The maximum atomic E-state index is 12.9. The minimum Gasteiger partial charge on any atom is -0.448 e. The van der Waals surface area contributed by atoms with E-state index >= 15 is 0 Å². The van der Waals surface area contributed by atoms with E-state index in [1.165, 1.54) is 6.39 Å². The number of oxazole rings is 1. The lowest BCUT2D eigenvalue weighted by Gasteiger charge is -2.24. The highest BCUT2D eigenvalue weighted by molar-refractivity contribution is 6.38. The van der Waals surface area contributed by atoms with Crippen LogP contribution in [0, 0.1) is 5.92 Å². The Bertz CT molecular complexity index is 972. The molecule has 0 aliphatic carbocycles. The summed E-state index contributed by atoms with van der Waals surface area (Å²) in [5, 5.41) is 7.63. The molecule has 3 amide bonds. The zero-order valence-corrected chi connectivity index (χ0v) is 17.9. The number of nitrogens with zero attached hydrogens (tertiary/aromatic N) is 1. The van der Waals surface area contributed by atoms with Crippen molar-refractivity contribution >= 4 is 23.7 Å². The van der Waals surface area contributed by atoms with Crippen molar-refractivity contribution in [1.29, 1.82) is 0 Å². The molecule has 1 aromatic carbocycles. The summed E-state index contributed by atoms with van der Waals surface area (Å²) in [7, 11) is 0. The Kier molecular flexibility index (Phi) is 7.58. The third-order valence-electron chi connectivity index (χ3n) is 5.05. The second kappa shape index (κ2) is 10.6. The Morgan fingerprint density at radius 2 is 2.00 bits per heavy atom. The van der Waals surface area contributed by atoms with E-state index in [0.29, 0.717) is 17.9 Å². The number of rotatable bonds is 6. The number of amides is 3. The highest BCUT2D eigenvalue weighted by Crippen LogP contribution is 2.13. The van der Waals surface area contributed by atoms with Crippen LogP contribution in [0.2, 0.25) is 0 Å². The van der Waals surface area contributed by atoms with Crippen LogP contribution in [0.4, 0.5) is 4.79 Å². The first-order valence-electron chi connectivity index (χ1n) is 10.4. The van der Waals surface area contributed by atoms with Crippen molar-refractivity contribution in [3.63, 3.8) is 0 Å². The molecular weight excluding hydrogens is 416 g/mol. The highest BCUT2D eigenvalue weighted by atomic mass is 16.5. The van der Waals surface area contributed by atoms with Crippen LogP contribution in [0.1, 0.15) is 30.9 Å². The molecule has 0 bridgehead atoms. The molecule has 3 N–H and O–H groups in total. The van der Waals surface area contributed by atoms with Gasteiger partial charge in [-0.25, -0.2) is 9.78 Å². The number of benzene rings is 1. The Labute approximate surface area is 185 Å². The third kappa shape index (κ3) is 5.93. The van der Waals surface area contributed by atoms with Crippen molar-refractivity contribution in [2.75, 3.05) is 6.54 Å². The summed E-state index contributed by atoms with van der Waals surface area (Å²) in [6.45, 7) is 3.76. The second-order valence-corrected chi connectivity index (χ2v) is 7.79. The van der Waals surface area contributed by atoms with Crippen molar-refractivity contribution in [2.45, 2.75) is 45.4 Å². The summed E-state index contributed by atoms with van der Waals surface area (Å²) in [5.74, 6) is -1.95. The largest absolute Gasteiger partial charge is 0.448 e. The van der Waals surface area contributed by atoms with Crippen LogP contribution in [-0.2, 0) is 38.6 Å². The van der Waals surface area contributed by atoms with Gasteiger partial charge >= 0.3 is 6.09 Å². The first kappa shape index (κ1) is 23.0. The van der Waals surface area contributed by atoms with E-state index in [-0.39, 0.29) is 25.5 Å². The number of hydrogen-bond acceptors (Lipinski definition) is 7. The van der Waals surface area contributed by atoms with E-state index in [2.05, 4.69) is 20.9 Å². The van der Waals surface area contributed by atoms with E-state index in [1.54, 1.807) is 13.8 Å². The standard InChI is InChI=1S/C22H26N4O6/c1-13(2)18(26-22(30)31-11-14-6-4-3-5-7-14)20(28)25-16-10-15-17(32-12-24-15)8-9-23-21(29)19(16)27/h3-7,12-13,16,18H,8-11H2,1-2H3,(H,23,29)(H,25,28)(H,26,30). The van der Waals surface area contributed by atoms with Crippen LogP contribution in [0.5, 0.6) is 0 Å². The summed E-state index contributed by atoms with van der Waals surface area (Å²) in [4.78, 5) is 54.0. The Balaban J connectivity index is 1.66. The van der Waals surface area contributed by atoms with Gasteiger partial charge in [-0.05, 0) is 11.5 Å². The van der Waals surface area contributed by atoms with Gasteiger partial charge in [-0.3, -0.25) is 14.4 Å². The number of nitrogens with one attached hydrogen (secondary N) is 3. The summed E-state index contributed by atoms with van der Waals surface area (Å²) in [5.41, 5.74) is 1.30. The van der Waals surface area contributed by atoms with Gasteiger partial charge in [-0.2, -0.15) is 0 Å². The van der Waals surface area contributed by atoms with Gasteiger partial charge in [-0.1, -0.05) is 44.2 Å². The highest BCUT2D eigenvalue weighted by Gasteiger charge is 2.33. The number of ketones is 1. The zero-order chi connectivity index (χ0) is 23.1. The third-order valence-corrected chi connectivity index (χ3v) is 5.05. The number of carbonyl (C=O) groups excluding carboxylic acids is 4. The lowest BCUT2D eigenvalue weighted by atomic mass is 10.0. The Morgan fingerprint density at radius 3 is 2.72 bits per heavy atom. The second-order valence-electron chi connectivity index (χ2n) is 7.79. The lowest BCUT2D eigenvalue weighted by Crippen LogP contribution is -2.56. The minimum atomic E-state index is -1.15. The number of alkyl carbamates (subject to hydrolysis) is 1. The van der Waals surface area contributed by atoms with Crippen LogP contribution in [0.15, 0.2) is 41.1 Å². The molecule has 0 spiro atoms. The van der Waals surface area contributed by atoms with Crippen LogP contribution >= 0.6 is 0 Å². The lowest BCUT2D eigenvalue weighted by molar-refractivity contribution is -0.140. The van der Waals surface area contributed by atoms with Crippen LogP contribution < -0.4 is 16.0 Å². The van der Waals surface area contributed by atoms with Crippen LogP contribution in [-0.4, -0.2) is 47.3 Å². The van der Waals surface area contributed by atoms with Gasteiger partial charge in [0.15, 0.2) is 6.39 Å². The average molecular weight is 442 g/mol. The van der Waals surface area contributed by atoms with Gasteiger partial charge in [-0.15, -0.1) is 0 Å². The van der Waals surface area contributed by atoms with Crippen molar-refractivity contribution < 1.29 is 28.3 Å². The number of hydrogen-bond donors (Lipinski definition) is 3. The monoisotopic (exact) mass is 442 g/mol. The molecule has 0 fully saturated rings. The van der Waals surface area contributed by atoms with Gasteiger partial charge in [0.2, 0.25) is 11.7 Å². The maximum Gasteiger partial charge on any atom is 0.408 e. The topological polar surface area (TPSA) is 140 Å². The summed E-state index contributed by atoms with van der Waals surface area (Å²) < 4.78 is 10.5. The van der Waals surface area contributed by atoms with Crippen LogP contribution in [0.3, 0.4) is 0 Å². The fourth-order valence-electron chi connectivity index (χ4n) is 3.29. The van der Waals surface area contributed by atoms with E-state index < -0.39 is 35.8 Å².